The molecule has 0 aliphatic rings. The molecule has 16 heteroatoms. The van der Waals surface area contributed by atoms with E-state index < -0.39 is 11.4 Å². The lowest BCUT2D eigenvalue weighted by Crippen LogP contribution is -1.96. The maximum atomic E-state index is 5.61. The summed E-state index contributed by atoms with van der Waals surface area (Å²) in [5.41, 5.74) is -4.98. The molecule has 0 aliphatic heterocycles. The van der Waals surface area contributed by atoms with Crippen LogP contribution in [0.2, 0.25) is 0 Å². The minimum absolute atomic E-state index is 0.480. The summed E-state index contributed by atoms with van der Waals surface area (Å²) in [6, 6.07) is 0. The minimum atomic E-state index is -2.49. The topological polar surface area (TPSA) is 120 Å². The zero-order valence-corrected chi connectivity index (χ0v) is 22.2. The highest BCUT2D eigenvalue weighted by atomic mass is 32.9. The Balaban J connectivity index is 1.93. The number of hydrogen-bond acceptors (Lipinski definition) is 12. The van der Waals surface area contributed by atoms with Gasteiger partial charge in [-0.05, 0) is 51.3 Å². The van der Waals surface area contributed by atoms with Crippen molar-refractivity contribution in [3.05, 3.63) is 11.6 Å². The molecule has 2 N–H and O–H groups in total. The van der Waals surface area contributed by atoms with Gasteiger partial charge in [-0.1, -0.05) is 0 Å². The van der Waals surface area contributed by atoms with Crippen molar-refractivity contribution in [2.24, 2.45) is 0 Å². The van der Waals surface area contributed by atoms with Gasteiger partial charge in [-0.25, -0.2) is 9.97 Å². The van der Waals surface area contributed by atoms with Gasteiger partial charge in [-0.2, -0.15) is 0 Å². The van der Waals surface area contributed by atoms with Crippen LogP contribution in [0.15, 0.2) is 10.3 Å². The fourth-order valence-corrected chi connectivity index (χ4v) is 10.7. The first kappa shape index (κ1) is 26.4. The fraction of sp³-hybridized carbons (Fsp3) is 0.714. The number of rotatable bonds is 15. The quantitative estimate of drug-likeness (QED) is 0.315. The summed E-state index contributed by atoms with van der Waals surface area (Å²) in [6.45, 7) is 9.45. The largest absolute Gasteiger partial charge is 0.322 e. The van der Waals surface area contributed by atoms with Crippen LogP contribution in [0, 0.1) is 0 Å². The minimum Gasteiger partial charge on any atom is -0.322 e. The predicted molar refractivity (Wildman–Crippen MR) is 127 cm³/mol. The van der Waals surface area contributed by atoms with Crippen molar-refractivity contribution in [2.75, 3.05) is 26.4 Å². The molecule has 0 radical (unpaired) electrons. The molecule has 2 heterocycles. The Morgan fingerprint density at radius 3 is 1.33 bits per heavy atom. The highest BCUT2D eigenvalue weighted by Crippen LogP contribution is 2.63. The van der Waals surface area contributed by atoms with Crippen LogP contribution < -0.4 is 0 Å². The number of aromatic nitrogens is 6. The molecular formula is C14H26N6O4P2S4. The molecule has 30 heavy (non-hydrogen) atoms. The van der Waals surface area contributed by atoms with Crippen LogP contribution in [-0.4, -0.2) is 56.8 Å². The van der Waals surface area contributed by atoms with Crippen molar-refractivity contribution < 1.29 is 18.1 Å². The fourth-order valence-electron chi connectivity index (χ4n) is 2.11. The lowest BCUT2D eigenvalue weighted by atomic mass is 10.3. The van der Waals surface area contributed by atoms with Crippen LogP contribution in [0.25, 0.3) is 0 Å². The Bertz CT molecular complexity index is 792. The maximum absolute atomic E-state index is 5.61. The molecule has 0 atom stereocenters. The van der Waals surface area contributed by atoms with Crippen molar-refractivity contribution in [1.82, 2.24) is 30.4 Å². The first-order valence-electron chi connectivity index (χ1n) is 9.35. The van der Waals surface area contributed by atoms with Crippen molar-refractivity contribution >= 4 is 57.8 Å². The molecule has 0 aliphatic carbocycles. The second-order valence-corrected chi connectivity index (χ2v) is 17.5. The maximum Gasteiger partial charge on any atom is 0.255 e. The molecule has 0 spiro atoms. The van der Waals surface area contributed by atoms with E-state index in [-0.39, 0.29) is 0 Å². The van der Waals surface area contributed by atoms with Gasteiger partial charge in [0.2, 0.25) is 10.3 Å². The monoisotopic (exact) mass is 532 g/mol. The molecule has 0 bridgehead atoms. The van der Waals surface area contributed by atoms with Crippen molar-refractivity contribution in [1.29, 1.82) is 0 Å². The Hall–Kier alpha value is 0.120. The van der Waals surface area contributed by atoms with Crippen molar-refractivity contribution in [3.8, 4) is 0 Å². The summed E-state index contributed by atoms with van der Waals surface area (Å²) in [6.07, 6.45) is 1.20. The van der Waals surface area contributed by atoms with Crippen LogP contribution in [0.4, 0.5) is 0 Å². The molecule has 0 unspecified atom stereocenters. The number of nitrogens with zero attached hydrogens (tertiary/aromatic N) is 4. The van der Waals surface area contributed by atoms with Crippen LogP contribution in [-0.2, 0) is 54.6 Å². The summed E-state index contributed by atoms with van der Waals surface area (Å²) < 4.78 is 22.4. The lowest BCUT2D eigenvalue weighted by molar-refractivity contribution is 0.280. The Morgan fingerprint density at radius 2 is 1.03 bits per heavy atom. The summed E-state index contributed by atoms with van der Waals surface area (Å²) in [4.78, 5) is 8.94. The number of nitrogens with one attached hydrogen (secondary N) is 2. The summed E-state index contributed by atoms with van der Waals surface area (Å²) in [5, 5.41) is 15.3. The standard InChI is InChI=1S/C14H26N6O4P2S4/c1-5-21-25(27,22-6-2)29-13-15-11(17-19-13)9-10-12-16-14(20-18-12)30-26(28,23-7-3)24-8-4/h5-10H2,1-4H3,(H,15,17,19)(H,16,18,20). The zero-order chi connectivity index (χ0) is 22.0. The van der Waals surface area contributed by atoms with Gasteiger partial charge in [0, 0.05) is 35.6 Å². The van der Waals surface area contributed by atoms with E-state index in [1.54, 1.807) is 0 Å². The molecule has 2 aromatic heterocycles. The molecule has 10 nitrogen and oxygen atoms in total. The van der Waals surface area contributed by atoms with Crippen LogP contribution >= 0.6 is 34.2 Å². The average molecular weight is 533 g/mol. The summed E-state index contributed by atoms with van der Waals surface area (Å²) in [7, 11) is 0. The molecule has 170 valence electrons. The molecule has 0 saturated carbocycles. The molecule has 0 aromatic carbocycles. The highest BCUT2D eigenvalue weighted by molar-refractivity contribution is 8.68. The van der Waals surface area contributed by atoms with Crippen molar-refractivity contribution in [2.45, 2.75) is 50.8 Å². The van der Waals surface area contributed by atoms with Crippen LogP contribution in [0.5, 0.6) is 0 Å². The molecule has 2 rings (SSSR count). The third-order valence-corrected chi connectivity index (χ3v) is 12.8. The van der Waals surface area contributed by atoms with E-state index in [0.29, 0.717) is 61.2 Å². The second kappa shape index (κ2) is 13.0. The van der Waals surface area contributed by atoms with E-state index in [4.69, 9.17) is 41.7 Å². The van der Waals surface area contributed by atoms with E-state index in [1.165, 1.54) is 22.8 Å². The molecule has 2 aromatic rings. The second-order valence-electron chi connectivity index (χ2n) is 5.38. The number of aryl methyl sites for hydroxylation is 2. The van der Waals surface area contributed by atoms with Gasteiger partial charge in [-0.15, -0.1) is 10.2 Å². The lowest BCUT2D eigenvalue weighted by Gasteiger charge is -2.17. The van der Waals surface area contributed by atoms with E-state index in [0.717, 1.165) is 0 Å². The molecule has 0 amide bonds. The smallest absolute Gasteiger partial charge is 0.255 e. The Morgan fingerprint density at radius 1 is 0.700 bits per heavy atom. The van der Waals surface area contributed by atoms with Crippen LogP contribution in [0.1, 0.15) is 39.3 Å². The van der Waals surface area contributed by atoms with Gasteiger partial charge in [0.15, 0.2) is 0 Å². The normalized spacial score (nSPS) is 12.5. The Labute approximate surface area is 194 Å². The van der Waals surface area contributed by atoms with E-state index in [2.05, 4.69) is 30.4 Å². The summed E-state index contributed by atoms with van der Waals surface area (Å²) in [5.74, 6) is 1.43. The highest BCUT2D eigenvalue weighted by Gasteiger charge is 2.24. The molecular weight excluding hydrogens is 506 g/mol. The van der Waals surface area contributed by atoms with Gasteiger partial charge in [-0.3, -0.25) is 10.2 Å². The molecule has 0 fully saturated rings. The first-order chi connectivity index (χ1) is 14.3. The van der Waals surface area contributed by atoms with Gasteiger partial charge in [0.1, 0.15) is 11.6 Å². The zero-order valence-electron chi connectivity index (χ0n) is 17.2. The average Bonchev–Trinajstić information content (AvgIpc) is 3.29. The van der Waals surface area contributed by atoms with Gasteiger partial charge < -0.3 is 18.1 Å². The number of H-pyrrole nitrogens is 2. The third-order valence-electron chi connectivity index (χ3n) is 3.16. The van der Waals surface area contributed by atoms with E-state index in [9.17, 15) is 0 Å². The molecule has 0 saturated heterocycles. The number of aromatic amines is 2. The number of hydrogen-bond donors (Lipinski definition) is 2. The van der Waals surface area contributed by atoms with E-state index >= 15 is 0 Å². The Kier molecular flexibility index (Phi) is 11.4. The first-order valence-corrected chi connectivity index (χ1v) is 17.5. The predicted octanol–water partition coefficient (Wildman–Crippen LogP) is 4.49. The van der Waals surface area contributed by atoms with Gasteiger partial charge in [0.25, 0.3) is 11.4 Å². The third kappa shape index (κ3) is 8.57. The SMILES string of the molecule is CCOP(=S)(OCC)Sc1n[nH]c(CCc2nc(SP(=S)(OCC)OCC)n[nH]2)n1. The van der Waals surface area contributed by atoms with Gasteiger partial charge >= 0.3 is 0 Å². The van der Waals surface area contributed by atoms with Gasteiger partial charge in [0.05, 0.1) is 26.4 Å². The van der Waals surface area contributed by atoms with Crippen LogP contribution in [0.3, 0.4) is 0 Å². The van der Waals surface area contributed by atoms with E-state index in [1.807, 2.05) is 27.7 Å². The summed E-state index contributed by atoms with van der Waals surface area (Å²) >= 11 is 13.5. The van der Waals surface area contributed by atoms with Crippen molar-refractivity contribution in [3.63, 3.8) is 0 Å².